The zero-order valence-corrected chi connectivity index (χ0v) is 23.8. The number of carbonyl (C=O) groups excluding carboxylic acids is 3. The first kappa shape index (κ1) is 29.8. The Balaban J connectivity index is 1.54. The number of amides is 3. The zero-order valence-electron chi connectivity index (χ0n) is 23.8. The highest BCUT2D eigenvalue weighted by atomic mass is 16.5. The maximum absolute atomic E-state index is 13.7. The number of benzene rings is 3. The fourth-order valence-corrected chi connectivity index (χ4v) is 4.90. The molecule has 4 N–H and O–H groups in total. The lowest BCUT2D eigenvalue weighted by Crippen LogP contribution is -2.45. The summed E-state index contributed by atoms with van der Waals surface area (Å²) in [5.41, 5.74) is 8.86. The van der Waals surface area contributed by atoms with E-state index in [1.54, 1.807) is 17.0 Å². The first-order valence-electron chi connectivity index (χ1n) is 14.1. The van der Waals surface area contributed by atoms with E-state index in [1.165, 1.54) is 6.92 Å². The van der Waals surface area contributed by atoms with Gasteiger partial charge in [-0.05, 0) is 67.3 Å². The summed E-state index contributed by atoms with van der Waals surface area (Å²) in [4.78, 5) is 41.8. The standard InChI is InChI=1S/C32H39N5O4/c1-23(36-18-5-6-19-36)34-31(39)16-17-32(40)37(22-25-12-14-27(15-13-25)35-24(2)38)29-10-3-4-11-30(29)41-28-9-7-8-26(20-28)21-33/h3-4,7-15,20,23H,5-6,16-19,21-22,33H2,1-2H3,(H,34,39)(H,35,38). The number of anilines is 2. The molecule has 3 amide bonds. The number of hydrogen-bond acceptors (Lipinski definition) is 6. The molecule has 4 rings (SSSR count). The van der Waals surface area contributed by atoms with Gasteiger partial charge in [-0.3, -0.25) is 19.3 Å². The van der Waals surface area contributed by atoms with Crippen molar-refractivity contribution < 1.29 is 19.1 Å². The molecule has 0 saturated carbocycles. The molecule has 9 heteroatoms. The Morgan fingerprint density at radius 2 is 1.68 bits per heavy atom. The molecule has 1 unspecified atom stereocenters. The molecule has 41 heavy (non-hydrogen) atoms. The van der Waals surface area contributed by atoms with Crippen LogP contribution in [0.3, 0.4) is 0 Å². The molecule has 1 heterocycles. The molecule has 3 aromatic rings. The van der Waals surface area contributed by atoms with Gasteiger partial charge < -0.3 is 26.0 Å². The largest absolute Gasteiger partial charge is 0.455 e. The number of para-hydroxylation sites is 2. The Bertz CT molecular complexity index is 1340. The molecule has 1 saturated heterocycles. The summed E-state index contributed by atoms with van der Waals surface area (Å²) in [6.45, 7) is 6.02. The Kier molecular flexibility index (Phi) is 10.5. The van der Waals surface area contributed by atoms with Gasteiger partial charge >= 0.3 is 0 Å². The number of rotatable bonds is 12. The minimum Gasteiger partial charge on any atom is -0.455 e. The fraction of sp³-hybridized carbons (Fsp3) is 0.344. The monoisotopic (exact) mass is 557 g/mol. The predicted octanol–water partition coefficient (Wildman–Crippen LogP) is 4.77. The van der Waals surface area contributed by atoms with Crippen molar-refractivity contribution in [3.8, 4) is 11.5 Å². The van der Waals surface area contributed by atoms with Crippen LogP contribution in [0.2, 0.25) is 0 Å². The normalized spacial score (nSPS) is 13.8. The Hall–Kier alpha value is -4.21. The number of carbonyl (C=O) groups is 3. The van der Waals surface area contributed by atoms with Crippen LogP contribution in [-0.2, 0) is 27.5 Å². The molecule has 1 aliphatic heterocycles. The van der Waals surface area contributed by atoms with E-state index in [-0.39, 0.29) is 43.3 Å². The maximum Gasteiger partial charge on any atom is 0.227 e. The lowest BCUT2D eigenvalue weighted by atomic mass is 10.1. The van der Waals surface area contributed by atoms with Crippen molar-refractivity contribution in [2.24, 2.45) is 5.73 Å². The third-order valence-corrected chi connectivity index (χ3v) is 7.06. The SMILES string of the molecule is CC(=O)Nc1ccc(CN(C(=O)CCC(=O)NC(C)N2CCCC2)c2ccccc2Oc2cccc(CN)c2)cc1. The zero-order chi connectivity index (χ0) is 29.2. The smallest absolute Gasteiger partial charge is 0.227 e. The van der Waals surface area contributed by atoms with Gasteiger partial charge in [0, 0.05) is 45.1 Å². The Morgan fingerprint density at radius 3 is 2.39 bits per heavy atom. The van der Waals surface area contributed by atoms with Crippen molar-refractivity contribution in [2.75, 3.05) is 23.3 Å². The summed E-state index contributed by atoms with van der Waals surface area (Å²) >= 11 is 0. The number of nitrogens with zero attached hydrogens (tertiary/aromatic N) is 2. The van der Waals surface area contributed by atoms with E-state index in [0.717, 1.165) is 37.1 Å². The van der Waals surface area contributed by atoms with E-state index in [0.29, 0.717) is 29.4 Å². The van der Waals surface area contributed by atoms with Crippen LogP contribution in [0.4, 0.5) is 11.4 Å². The topological polar surface area (TPSA) is 117 Å². The summed E-state index contributed by atoms with van der Waals surface area (Å²) < 4.78 is 6.24. The quantitative estimate of drug-likeness (QED) is 0.295. The van der Waals surface area contributed by atoms with Gasteiger partial charge in [0.15, 0.2) is 5.75 Å². The average Bonchev–Trinajstić information content (AvgIpc) is 3.51. The lowest BCUT2D eigenvalue weighted by Gasteiger charge is -2.26. The summed E-state index contributed by atoms with van der Waals surface area (Å²) in [5.74, 6) is 0.614. The van der Waals surface area contributed by atoms with Crippen LogP contribution in [0.25, 0.3) is 0 Å². The number of nitrogens with two attached hydrogens (primary N) is 1. The number of likely N-dealkylation sites (tertiary alicyclic amines) is 1. The third-order valence-electron chi connectivity index (χ3n) is 7.06. The van der Waals surface area contributed by atoms with E-state index in [9.17, 15) is 14.4 Å². The minimum atomic E-state index is -0.202. The van der Waals surface area contributed by atoms with Crippen molar-refractivity contribution in [1.82, 2.24) is 10.2 Å². The van der Waals surface area contributed by atoms with Gasteiger partial charge in [-0.25, -0.2) is 0 Å². The summed E-state index contributed by atoms with van der Waals surface area (Å²) in [7, 11) is 0. The van der Waals surface area contributed by atoms with Crippen molar-refractivity contribution in [3.05, 3.63) is 83.9 Å². The van der Waals surface area contributed by atoms with Crippen molar-refractivity contribution in [2.45, 2.75) is 58.8 Å². The van der Waals surface area contributed by atoms with Crippen molar-refractivity contribution >= 4 is 29.1 Å². The van der Waals surface area contributed by atoms with Crippen LogP contribution in [0, 0.1) is 0 Å². The van der Waals surface area contributed by atoms with E-state index in [4.69, 9.17) is 10.5 Å². The fourth-order valence-electron chi connectivity index (χ4n) is 4.90. The highest BCUT2D eigenvalue weighted by molar-refractivity contribution is 5.96. The first-order chi connectivity index (χ1) is 19.8. The van der Waals surface area contributed by atoms with Gasteiger partial charge in [0.1, 0.15) is 5.75 Å². The molecule has 1 fully saturated rings. The van der Waals surface area contributed by atoms with E-state index < -0.39 is 0 Å². The van der Waals surface area contributed by atoms with Gasteiger partial charge in [0.2, 0.25) is 17.7 Å². The molecular formula is C32H39N5O4. The number of ether oxygens (including phenoxy) is 1. The van der Waals surface area contributed by atoms with Gasteiger partial charge in [0.25, 0.3) is 0 Å². The van der Waals surface area contributed by atoms with Crippen LogP contribution in [0.15, 0.2) is 72.8 Å². The second-order valence-corrected chi connectivity index (χ2v) is 10.3. The van der Waals surface area contributed by atoms with Crippen LogP contribution in [0.5, 0.6) is 11.5 Å². The highest BCUT2D eigenvalue weighted by Crippen LogP contribution is 2.34. The van der Waals surface area contributed by atoms with Crippen molar-refractivity contribution in [3.63, 3.8) is 0 Å². The van der Waals surface area contributed by atoms with Crippen LogP contribution in [0.1, 0.15) is 50.7 Å². The van der Waals surface area contributed by atoms with Gasteiger partial charge in [0.05, 0.1) is 18.4 Å². The van der Waals surface area contributed by atoms with Crippen LogP contribution < -0.4 is 26.0 Å². The molecule has 0 aliphatic carbocycles. The summed E-state index contributed by atoms with van der Waals surface area (Å²) in [6, 6.07) is 22.2. The second kappa shape index (κ2) is 14.4. The van der Waals surface area contributed by atoms with Crippen molar-refractivity contribution in [1.29, 1.82) is 0 Å². The molecule has 0 bridgehead atoms. The maximum atomic E-state index is 13.7. The van der Waals surface area contributed by atoms with Crippen LogP contribution in [-0.4, -0.2) is 41.9 Å². The third kappa shape index (κ3) is 8.64. The highest BCUT2D eigenvalue weighted by Gasteiger charge is 2.23. The molecule has 0 aromatic heterocycles. The molecule has 9 nitrogen and oxygen atoms in total. The second-order valence-electron chi connectivity index (χ2n) is 10.3. The average molecular weight is 558 g/mol. The summed E-state index contributed by atoms with van der Waals surface area (Å²) in [6.07, 6.45) is 2.34. The Morgan fingerprint density at radius 1 is 0.951 bits per heavy atom. The van der Waals surface area contributed by atoms with Gasteiger partial charge in [-0.15, -0.1) is 0 Å². The predicted molar refractivity (Wildman–Crippen MR) is 160 cm³/mol. The molecule has 0 radical (unpaired) electrons. The summed E-state index contributed by atoms with van der Waals surface area (Å²) in [5, 5.41) is 5.79. The van der Waals surface area contributed by atoms with Crippen LogP contribution >= 0.6 is 0 Å². The Labute approximate surface area is 241 Å². The molecule has 0 spiro atoms. The minimum absolute atomic E-state index is 0.0412. The van der Waals surface area contributed by atoms with E-state index >= 15 is 0 Å². The molecule has 1 aliphatic rings. The molecule has 1 atom stereocenters. The van der Waals surface area contributed by atoms with Gasteiger partial charge in [-0.1, -0.05) is 36.4 Å². The van der Waals surface area contributed by atoms with E-state index in [2.05, 4.69) is 15.5 Å². The molecule has 216 valence electrons. The number of nitrogens with one attached hydrogen (secondary N) is 2. The molecule has 3 aromatic carbocycles. The first-order valence-corrected chi connectivity index (χ1v) is 14.1. The lowest BCUT2D eigenvalue weighted by molar-refractivity contribution is -0.126. The molecular weight excluding hydrogens is 518 g/mol. The number of hydrogen-bond donors (Lipinski definition) is 3. The van der Waals surface area contributed by atoms with Gasteiger partial charge in [-0.2, -0.15) is 0 Å². The van der Waals surface area contributed by atoms with E-state index in [1.807, 2.05) is 67.6 Å².